The van der Waals surface area contributed by atoms with Crippen LogP contribution in [0, 0.1) is 0 Å². The number of nitrogens with zero attached hydrogens (tertiary/aromatic N) is 1. The van der Waals surface area contributed by atoms with Crippen molar-refractivity contribution in [1.82, 2.24) is 4.90 Å². The van der Waals surface area contributed by atoms with Gasteiger partial charge in [-0.3, -0.25) is 4.79 Å². The van der Waals surface area contributed by atoms with E-state index in [1.165, 1.54) is 0 Å². The molecule has 4 heteroatoms. The highest BCUT2D eigenvalue weighted by Crippen LogP contribution is 2.16. The van der Waals surface area contributed by atoms with E-state index in [1.807, 2.05) is 0 Å². The minimum atomic E-state index is -0.563. The second kappa shape index (κ2) is 4.98. The number of imide groups is 1. The fraction of sp³-hybridized carbons (Fsp3) is 0.800. The summed E-state index contributed by atoms with van der Waals surface area (Å²) in [4.78, 5) is 24.1. The average molecular weight is 201 g/mol. The van der Waals surface area contributed by atoms with Crippen LogP contribution < -0.4 is 0 Å². The summed E-state index contributed by atoms with van der Waals surface area (Å²) in [5.41, 5.74) is -0.528. The van der Waals surface area contributed by atoms with Crippen molar-refractivity contribution in [2.24, 2.45) is 0 Å². The number of carbonyl (C=O) groups excluding carboxylic acids is 2. The first-order valence-corrected chi connectivity index (χ1v) is 4.84. The largest absolute Gasteiger partial charge is 0.449 e. The number of amides is 2. The van der Waals surface area contributed by atoms with Crippen molar-refractivity contribution in [2.45, 2.75) is 46.6 Å². The smallest absolute Gasteiger partial charge is 0.417 e. The van der Waals surface area contributed by atoms with Crippen LogP contribution >= 0.6 is 0 Å². The van der Waals surface area contributed by atoms with Gasteiger partial charge in [-0.05, 0) is 27.7 Å². The SMILES string of the molecule is CCOC(=O)N(C(=O)CC)C(C)(C)C. The second-order valence-corrected chi connectivity index (χ2v) is 3.95. The summed E-state index contributed by atoms with van der Waals surface area (Å²) in [6.07, 6.45) is -0.261. The van der Waals surface area contributed by atoms with E-state index in [1.54, 1.807) is 34.6 Å². The molecule has 0 radical (unpaired) electrons. The topological polar surface area (TPSA) is 46.6 Å². The summed E-state index contributed by atoms with van der Waals surface area (Å²) in [5, 5.41) is 0. The van der Waals surface area contributed by atoms with E-state index in [0.717, 1.165) is 4.90 Å². The molecule has 2 amide bonds. The minimum absolute atomic E-state index is 0.212. The van der Waals surface area contributed by atoms with Gasteiger partial charge in [0.15, 0.2) is 0 Å². The second-order valence-electron chi connectivity index (χ2n) is 3.95. The number of carbonyl (C=O) groups is 2. The van der Waals surface area contributed by atoms with Crippen LogP contribution in [0.4, 0.5) is 4.79 Å². The van der Waals surface area contributed by atoms with Crippen molar-refractivity contribution < 1.29 is 14.3 Å². The van der Waals surface area contributed by atoms with Crippen molar-refractivity contribution in [3.63, 3.8) is 0 Å². The summed E-state index contributed by atoms with van der Waals surface area (Å²) in [6, 6.07) is 0. The van der Waals surface area contributed by atoms with Gasteiger partial charge in [0.1, 0.15) is 0 Å². The predicted molar refractivity (Wildman–Crippen MR) is 53.9 cm³/mol. The lowest BCUT2D eigenvalue weighted by Gasteiger charge is -2.32. The van der Waals surface area contributed by atoms with E-state index in [2.05, 4.69) is 0 Å². The van der Waals surface area contributed by atoms with E-state index < -0.39 is 11.6 Å². The van der Waals surface area contributed by atoms with Gasteiger partial charge in [-0.25, -0.2) is 9.69 Å². The van der Waals surface area contributed by atoms with E-state index in [-0.39, 0.29) is 12.5 Å². The van der Waals surface area contributed by atoms with E-state index in [4.69, 9.17) is 4.74 Å². The molecule has 14 heavy (non-hydrogen) atoms. The van der Waals surface area contributed by atoms with Crippen molar-refractivity contribution in [3.8, 4) is 0 Å². The van der Waals surface area contributed by atoms with Crippen LogP contribution in [0.2, 0.25) is 0 Å². The Morgan fingerprint density at radius 1 is 1.21 bits per heavy atom. The van der Waals surface area contributed by atoms with Gasteiger partial charge in [-0.2, -0.15) is 0 Å². The first-order chi connectivity index (χ1) is 6.34. The zero-order chi connectivity index (χ0) is 11.4. The molecule has 0 N–H and O–H groups in total. The molecule has 0 fully saturated rings. The van der Waals surface area contributed by atoms with E-state index in [0.29, 0.717) is 6.42 Å². The van der Waals surface area contributed by atoms with Gasteiger partial charge in [-0.1, -0.05) is 6.92 Å². The predicted octanol–water partition coefficient (Wildman–Crippen LogP) is 2.18. The molecule has 0 bridgehead atoms. The van der Waals surface area contributed by atoms with E-state index >= 15 is 0 Å². The highest BCUT2D eigenvalue weighted by atomic mass is 16.6. The van der Waals surface area contributed by atoms with Crippen LogP contribution in [0.3, 0.4) is 0 Å². The summed E-state index contributed by atoms with van der Waals surface area (Å²) in [5.74, 6) is -0.212. The van der Waals surface area contributed by atoms with Crippen LogP contribution in [0.5, 0.6) is 0 Å². The van der Waals surface area contributed by atoms with Gasteiger partial charge in [-0.15, -0.1) is 0 Å². The van der Waals surface area contributed by atoms with Crippen molar-refractivity contribution in [3.05, 3.63) is 0 Å². The van der Waals surface area contributed by atoms with Crippen LogP contribution in [0.25, 0.3) is 0 Å². The summed E-state index contributed by atoms with van der Waals surface area (Å²) in [7, 11) is 0. The highest BCUT2D eigenvalue weighted by molar-refractivity contribution is 5.92. The molecule has 0 heterocycles. The zero-order valence-electron chi connectivity index (χ0n) is 9.59. The van der Waals surface area contributed by atoms with Gasteiger partial charge in [0.25, 0.3) is 0 Å². The van der Waals surface area contributed by atoms with Crippen LogP contribution in [0.15, 0.2) is 0 Å². The number of ether oxygens (including phenoxy) is 1. The van der Waals surface area contributed by atoms with E-state index in [9.17, 15) is 9.59 Å². The lowest BCUT2D eigenvalue weighted by molar-refractivity contribution is -0.133. The summed E-state index contributed by atoms with van der Waals surface area (Å²) >= 11 is 0. The lowest BCUT2D eigenvalue weighted by atomic mass is 10.1. The highest BCUT2D eigenvalue weighted by Gasteiger charge is 2.32. The molecule has 82 valence electrons. The normalized spacial score (nSPS) is 10.9. The van der Waals surface area contributed by atoms with Crippen molar-refractivity contribution in [1.29, 1.82) is 0 Å². The Bertz CT molecular complexity index is 218. The fourth-order valence-electron chi connectivity index (χ4n) is 1.10. The molecule has 0 aromatic rings. The molecule has 4 nitrogen and oxygen atoms in total. The Balaban J connectivity index is 4.73. The monoisotopic (exact) mass is 201 g/mol. The molecule has 0 saturated carbocycles. The standard InChI is InChI=1S/C10H19NO3/c1-6-8(12)11(10(3,4)5)9(13)14-7-2/h6-7H2,1-5H3. The van der Waals surface area contributed by atoms with Gasteiger partial charge in [0, 0.05) is 12.0 Å². The molecule has 0 unspecified atom stereocenters. The maximum Gasteiger partial charge on any atom is 0.417 e. The third-order valence-corrected chi connectivity index (χ3v) is 1.67. The average Bonchev–Trinajstić information content (AvgIpc) is 2.02. The molecular weight excluding hydrogens is 182 g/mol. The molecule has 0 atom stereocenters. The van der Waals surface area contributed by atoms with Crippen molar-refractivity contribution in [2.75, 3.05) is 6.61 Å². The Morgan fingerprint density at radius 2 is 1.71 bits per heavy atom. The Kier molecular flexibility index (Phi) is 4.60. The zero-order valence-corrected chi connectivity index (χ0v) is 9.59. The quantitative estimate of drug-likeness (QED) is 0.688. The minimum Gasteiger partial charge on any atom is -0.449 e. The third-order valence-electron chi connectivity index (χ3n) is 1.67. The Morgan fingerprint density at radius 3 is 2.00 bits per heavy atom. The van der Waals surface area contributed by atoms with Crippen LogP contribution in [-0.4, -0.2) is 29.0 Å². The first kappa shape index (κ1) is 12.9. The maximum atomic E-state index is 11.5. The Labute approximate surface area is 85.2 Å². The molecule has 0 aliphatic rings. The number of hydrogen-bond acceptors (Lipinski definition) is 3. The molecule has 0 aromatic carbocycles. The van der Waals surface area contributed by atoms with Crippen molar-refractivity contribution >= 4 is 12.0 Å². The number of hydrogen-bond donors (Lipinski definition) is 0. The molecular formula is C10H19NO3. The molecule has 0 spiro atoms. The van der Waals surface area contributed by atoms with Gasteiger partial charge >= 0.3 is 6.09 Å². The summed E-state index contributed by atoms with van der Waals surface area (Å²) < 4.78 is 4.82. The van der Waals surface area contributed by atoms with Gasteiger partial charge < -0.3 is 4.74 Å². The Hall–Kier alpha value is -1.06. The van der Waals surface area contributed by atoms with Gasteiger partial charge in [0.2, 0.25) is 5.91 Å². The molecule has 0 rings (SSSR count). The van der Waals surface area contributed by atoms with Gasteiger partial charge in [0.05, 0.1) is 6.61 Å². The van der Waals surface area contributed by atoms with Crippen LogP contribution in [-0.2, 0) is 9.53 Å². The fourth-order valence-corrected chi connectivity index (χ4v) is 1.10. The first-order valence-electron chi connectivity index (χ1n) is 4.84. The van der Waals surface area contributed by atoms with Crippen LogP contribution in [0.1, 0.15) is 41.0 Å². The maximum absolute atomic E-state index is 11.5. The molecule has 0 saturated heterocycles. The third kappa shape index (κ3) is 3.36. The summed E-state index contributed by atoms with van der Waals surface area (Å²) in [6.45, 7) is 9.13. The lowest BCUT2D eigenvalue weighted by Crippen LogP contribution is -2.49. The number of rotatable bonds is 2. The molecule has 0 aliphatic carbocycles. The molecule has 0 aromatic heterocycles. The molecule has 0 aliphatic heterocycles.